The van der Waals surface area contributed by atoms with E-state index in [4.69, 9.17) is 9.47 Å². The number of ether oxygens (including phenoxy) is 2. The molecule has 0 radical (unpaired) electrons. The Kier molecular flexibility index (Phi) is 7.41. The van der Waals surface area contributed by atoms with Gasteiger partial charge in [-0.1, -0.05) is 54.6 Å². The fraction of sp³-hybridized carbons (Fsp3) is 0.103. The second kappa shape index (κ2) is 10.7. The summed E-state index contributed by atoms with van der Waals surface area (Å²) in [6, 6.07) is 27.7. The van der Waals surface area contributed by atoms with Crippen molar-refractivity contribution >= 4 is 44.7 Å². The normalized spacial score (nSPS) is 11.7. The summed E-state index contributed by atoms with van der Waals surface area (Å²) in [5.41, 5.74) is -1.01. The number of carboxylic acid groups (broad SMARTS) is 1. The summed E-state index contributed by atoms with van der Waals surface area (Å²) in [6.45, 7) is 3.18. The van der Waals surface area contributed by atoms with Crippen LogP contribution in [0.3, 0.4) is 0 Å². The molecular formula is C29H24BrNO5. The molecule has 0 atom stereocenters. The molecule has 0 bridgehead atoms. The number of benzene rings is 4. The first-order chi connectivity index (χ1) is 17.2. The van der Waals surface area contributed by atoms with Crippen LogP contribution in [-0.4, -0.2) is 22.6 Å². The summed E-state index contributed by atoms with van der Waals surface area (Å²) in [6.07, 6.45) is 1.38. The molecule has 2 N–H and O–H groups in total. The highest BCUT2D eigenvalue weighted by molar-refractivity contribution is 9.10. The molecule has 4 aromatic rings. The molecular weight excluding hydrogens is 522 g/mol. The number of para-hydroxylation sites is 1. The lowest BCUT2D eigenvalue weighted by molar-refractivity contribution is -0.138. The molecule has 0 saturated carbocycles. The number of hydrogen-bond donors (Lipinski definition) is 2. The van der Waals surface area contributed by atoms with Crippen LogP contribution in [0.5, 0.6) is 17.2 Å². The van der Waals surface area contributed by atoms with Crippen LogP contribution in [0.2, 0.25) is 0 Å². The highest BCUT2D eigenvalue weighted by Gasteiger charge is 2.31. The lowest BCUT2D eigenvalue weighted by Gasteiger charge is -2.25. The van der Waals surface area contributed by atoms with Crippen molar-refractivity contribution in [2.45, 2.75) is 19.4 Å². The van der Waals surface area contributed by atoms with Gasteiger partial charge in [-0.15, -0.1) is 0 Å². The smallest absolute Gasteiger partial charge is 0.352 e. The van der Waals surface area contributed by atoms with E-state index in [2.05, 4.69) is 21.2 Å². The van der Waals surface area contributed by atoms with Crippen molar-refractivity contribution in [2.75, 3.05) is 0 Å². The first-order valence-corrected chi connectivity index (χ1v) is 12.0. The molecule has 36 heavy (non-hydrogen) atoms. The molecule has 0 aromatic heterocycles. The predicted molar refractivity (Wildman–Crippen MR) is 143 cm³/mol. The number of fused-ring (bicyclic) bond motifs is 1. The Labute approximate surface area is 217 Å². The topological polar surface area (TPSA) is 84.9 Å². The highest BCUT2D eigenvalue weighted by atomic mass is 79.9. The van der Waals surface area contributed by atoms with Gasteiger partial charge in [0.15, 0.2) is 5.60 Å². The Balaban J connectivity index is 1.46. The zero-order valence-electron chi connectivity index (χ0n) is 19.7. The number of hydrogen-bond acceptors (Lipinski definition) is 4. The number of amides is 1. The van der Waals surface area contributed by atoms with Crippen molar-refractivity contribution in [3.05, 3.63) is 107 Å². The lowest BCUT2D eigenvalue weighted by Crippen LogP contribution is -2.47. The van der Waals surface area contributed by atoms with Crippen LogP contribution in [-0.2, 0) is 9.59 Å². The van der Waals surface area contributed by atoms with Gasteiger partial charge in [0.2, 0.25) is 0 Å². The number of rotatable bonds is 8. The number of nitrogens with one attached hydrogen (secondary N) is 1. The van der Waals surface area contributed by atoms with Crippen LogP contribution in [0, 0.1) is 0 Å². The SMILES string of the molecule is CC(C)(Oc1ccc2ccccc2c1)C(=O)NC(=Cc1ccc(Oc2ccccc2Br)cc1)C(=O)O. The average Bonchev–Trinajstić information content (AvgIpc) is 2.85. The molecule has 4 aromatic carbocycles. The van der Waals surface area contributed by atoms with Crippen molar-refractivity contribution in [3.8, 4) is 17.2 Å². The minimum absolute atomic E-state index is 0.269. The van der Waals surface area contributed by atoms with Crippen LogP contribution in [0.15, 0.2) is 101 Å². The van der Waals surface area contributed by atoms with Crippen LogP contribution >= 0.6 is 15.9 Å². The van der Waals surface area contributed by atoms with E-state index in [0.29, 0.717) is 22.8 Å². The molecule has 0 aliphatic rings. The Bertz CT molecular complexity index is 1440. The molecule has 0 saturated heterocycles. The van der Waals surface area contributed by atoms with E-state index in [-0.39, 0.29) is 5.70 Å². The maximum atomic E-state index is 13.0. The third-order valence-electron chi connectivity index (χ3n) is 5.37. The molecule has 4 rings (SSSR count). The summed E-state index contributed by atoms with van der Waals surface area (Å²) < 4.78 is 12.6. The van der Waals surface area contributed by atoms with Crippen LogP contribution in [0.4, 0.5) is 0 Å². The monoisotopic (exact) mass is 545 g/mol. The standard InChI is InChI=1S/C29H24BrNO5/c1-29(2,36-23-16-13-20-7-3-4-8-21(20)18-23)28(34)31-25(27(32)33)17-19-11-14-22(15-12-19)35-26-10-6-5-9-24(26)30/h3-18H,1-2H3,(H,31,34)(H,32,33). The van der Waals surface area contributed by atoms with Crippen LogP contribution in [0.25, 0.3) is 16.8 Å². The summed E-state index contributed by atoms with van der Waals surface area (Å²) in [7, 11) is 0. The number of carbonyl (C=O) groups excluding carboxylic acids is 1. The number of carboxylic acids is 1. The Morgan fingerprint density at radius 2 is 1.50 bits per heavy atom. The molecule has 6 nitrogen and oxygen atoms in total. The molecule has 0 aliphatic carbocycles. The fourth-order valence-corrected chi connectivity index (χ4v) is 3.81. The number of halogens is 1. The molecule has 0 fully saturated rings. The van der Waals surface area contributed by atoms with Gasteiger partial charge in [-0.25, -0.2) is 4.79 Å². The summed E-state index contributed by atoms with van der Waals surface area (Å²) in [4.78, 5) is 24.8. The van der Waals surface area contributed by atoms with Gasteiger partial charge in [-0.3, -0.25) is 4.79 Å². The van der Waals surface area contributed by atoms with Crippen molar-refractivity contribution in [1.29, 1.82) is 0 Å². The van der Waals surface area contributed by atoms with Crippen molar-refractivity contribution < 1.29 is 24.2 Å². The van der Waals surface area contributed by atoms with E-state index in [9.17, 15) is 14.7 Å². The largest absolute Gasteiger partial charge is 0.478 e. The maximum Gasteiger partial charge on any atom is 0.352 e. The predicted octanol–water partition coefficient (Wildman–Crippen LogP) is 6.79. The van der Waals surface area contributed by atoms with Crippen LogP contribution in [0.1, 0.15) is 19.4 Å². The first kappa shape index (κ1) is 25.0. The molecule has 0 heterocycles. The van der Waals surface area contributed by atoms with E-state index in [1.165, 1.54) is 6.08 Å². The van der Waals surface area contributed by atoms with Gasteiger partial charge in [0.05, 0.1) is 4.47 Å². The number of aliphatic carboxylic acids is 1. The summed E-state index contributed by atoms with van der Waals surface area (Å²) in [5, 5.41) is 14.2. The zero-order chi connectivity index (χ0) is 25.7. The molecule has 7 heteroatoms. The van der Waals surface area contributed by atoms with Gasteiger partial charge in [0, 0.05) is 0 Å². The summed E-state index contributed by atoms with van der Waals surface area (Å²) in [5.74, 6) is -0.0928. The van der Waals surface area contributed by atoms with Gasteiger partial charge in [-0.2, -0.15) is 0 Å². The van der Waals surface area contributed by atoms with Crippen molar-refractivity contribution in [3.63, 3.8) is 0 Å². The lowest BCUT2D eigenvalue weighted by atomic mass is 10.1. The first-order valence-electron chi connectivity index (χ1n) is 11.2. The third-order valence-corrected chi connectivity index (χ3v) is 6.03. The quantitative estimate of drug-likeness (QED) is 0.238. The highest BCUT2D eigenvalue weighted by Crippen LogP contribution is 2.29. The second-order valence-electron chi connectivity index (χ2n) is 8.54. The van der Waals surface area contributed by atoms with Gasteiger partial charge < -0.3 is 19.9 Å². The van der Waals surface area contributed by atoms with E-state index in [1.54, 1.807) is 44.2 Å². The number of carbonyl (C=O) groups is 2. The van der Waals surface area contributed by atoms with Gasteiger partial charge >= 0.3 is 5.97 Å². The minimum atomic E-state index is -1.32. The molecule has 0 unspecified atom stereocenters. The third kappa shape index (κ3) is 6.12. The minimum Gasteiger partial charge on any atom is -0.478 e. The second-order valence-corrected chi connectivity index (χ2v) is 9.39. The zero-order valence-corrected chi connectivity index (χ0v) is 21.3. The van der Waals surface area contributed by atoms with Crippen molar-refractivity contribution in [1.82, 2.24) is 5.32 Å². The van der Waals surface area contributed by atoms with E-state index >= 15 is 0 Å². The molecule has 1 amide bonds. The van der Waals surface area contributed by atoms with Gasteiger partial charge in [-0.05, 0) is 88.6 Å². The van der Waals surface area contributed by atoms with Gasteiger partial charge in [0.1, 0.15) is 22.9 Å². The van der Waals surface area contributed by atoms with Crippen LogP contribution < -0.4 is 14.8 Å². The van der Waals surface area contributed by atoms with Crippen molar-refractivity contribution in [2.24, 2.45) is 0 Å². The Morgan fingerprint density at radius 1 is 0.861 bits per heavy atom. The molecule has 0 aliphatic heterocycles. The molecule has 182 valence electrons. The van der Waals surface area contributed by atoms with E-state index in [1.807, 2.05) is 60.7 Å². The Morgan fingerprint density at radius 3 is 2.19 bits per heavy atom. The van der Waals surface area contributed by atoms with Gasteiger partial charge in [0.25, 0.3) is 5.91 Å². The van der Waals surface area contributed by atoms with E-state index in [0.717, 1.165) is 15.2 Å². The fourth-order valence-electron chi connectivity index (χ4n) is 3.45. The molecule has 0 spiro atoms. The summed E-state index contributed by atoms with van der Waals surface area (Å²) >= 11 is 3.44. The maximum absolute atomic E-state index is 13.0. The van der Waals surface area contributed by atoms with E-state index < -0.39 is 17.5 Å². The Hall–Kier alpha value is -4.10. The average molecular weight is 546 g/mol.